The molecule has 5 nitrogen and oxygen atoms in total. The van der Waals surface area contributed by atoms with Crippen LogP contribution < -0.4 is 5.32 Å². The van der Waals surface area contributed by atoms with Crippen LogP contribution in [0.3, 0.4) is 0 Å². The van der Waals surface area contributed by atoms with Gasteiger partial charge in [0, 0.05) is 5.92 Å². The summed E-state index contributed by atoms with van der Waals surface area (Å²) in [7, 11) is 0. The predicted octanol–water partition coefficient (Wildman–Crippen LogP) is 1.03. The van der Waals surface area contributed by atoms with Crippen molar-refractivity contribution in [2.75, 3.05) is 13.2 Å². The molecule has 98 valence electrons. The van der Waals surface area contributed by atoms with Crippen molar-refractivity contribution in [1.82, 2.24) is 5.32 Å². The summed E-state index contributed by atoms with van der Waals surface area (Å²) in [5.74, 6) is -1.04. The SMILES string of the molecule is CCC(CC)C(=O)NC1COCC1(C)C(=O)O. The number of rotatable bonds is 5. The summed E-state index contributed by atoms with van der Waals surface area (Å²) in [5, 5.41) is 12.0. The number of nitrogens with one attached hydrogen (secondary N) is 1. The highest BCUT2D eigenvalue weighted by Crippen LogP contribution is 2.29. The fraction of sp³-hybridized carbons (Fsp3) is 0.833. The summed E-state index contributed by atoms with van der Waals surface area (Å²) < 4.78 is 5.19. The van der Waals surface area contributed by atoms with Crippen LogP contribution in [0.2, 0.25) is 0 Å². The zero-order chi connectivity index (χ0) is 13.1. The van der Waals surface area contributed by atoms with Crippen molar-refractivity contribution in [3.63, 3.8) is 0 Å². The van der Waals surface area contributed by atoms with Crippen LogP contribution in [0.4, 0.5) is 0 Å². The fourth-order valence-corrected chi connectivity index (χ4v) is 2.03. The zero-order valence-corrected chi connectivity index (χ0v) is 10.7. The van der Waals surface area contributed by atoms with E-state index in [1.165, 1.54) is 0 Å². The quantitative estimate of drug-likeness (QED) is 0.756. The lowest BCUT2D eigenvalue weighted by molar-refractivity contribution is -0.149. The Morgan fingerprint density at radius 2 is 2.06 bits per heavy atom. The lowest BCUT2D eigenvalue weighted by Crippen LogP contribution is -2.51. The van der Waals surface area contributed by atoms with Crippen LogP contribution in [0.1, 0.15) is 33.6 Å². The van der Waals surface area contributed by atoms with Crippen LogP contribution in [0, 0.1) is 11.3 Å². The van der Waals surface area contributed by atoms with Crippen LogP contribution in [0.25, 0.3) is 0 Å². The number of carbonyl (C=O) groups excluding carboxylic acids is 1. The van der Waals surface area contributed by atoms with Crippen LogP contribution in [-0.4, -0.2) is 36.2 Å². The van der Waals surface area contributed by atoms with Crippen LogP contribution in [0.15, 0.2) is 0 Å². The molecule has 5 heteroatoms. The first-order valence-corrected chi connectivity index (χ1v) is 6.07. The molecule has 2 N–H and O–H groups in total. The first-order chi connectivity index (χ1) is 7.95. The Bertz CT molecular complexity index is 301. The Balaban J connectivity index is 2.68. The van der Waals surface area contributed by atoms with E-state index in [0.29, 0.717) is 0 Å². The van der Waals surface area contributed by atoms with Crippen molar-refractivity contribution in [3.05, 3.63) is 0 Å². The predicted molar refractivity (Wildman–Crippen MR) is 62.6 cm³/mol. The summed E-state index contributed by atoms with van der Waals surface area (Å²) >= 11 is 0. The summed E-state index contributed by atoms with van der Waals surface area (Å²) in [6.07, 6.45) is 1.53. The average Bonchev–Trinajstić information content (AvgIpc) is 2.63. The van der Waals surface area contributed by atoms with Crippen molar-refractivity contribution < 1.29 is 19.4 Å². The van der Waals surface area contributed by atoms with Crippen molar-refractivity contribution >= 4 is 11.9 Å². The minimum absolute atomic E-state index is 0.0476. The van der Waals surface area contributed by atoms with Gasteiger partial charge in [0.2, 0.25) is 5.91 Å². The Morgan fingerprint density at radius 3 is 2.53 bits per heavy atom. The molecule has 0 aromatic heterocycles. The molecule has 1 aliphatic heterocycles. The van der Waals surface area contributed by atoms with Crippen molar-refractivity contribution in [2.45, 2.75) is 39.7 Å². The molecule has 0 saturated carbocycles. The first kappa shape index (κ1) is 14.0. The van der Waals surface area contributed by atoms with Crippen LogP contribution in [-0.2, 0) is 14.3 Å². The molecule has 1 saturated heterocycles. The molecule has 0 aliphatic carbocycles. The highest BCUT2D eigenvalue weighted by Gasteiger charge is 2.47. The van der Waals surface area contributed by atoms with E-state index >= 15 is 0 Å². The number of hydrogen-bond donors (Lipinski definition) is 2. The number of aliphatic carboxylic acids is 1. The molecule has 0 aromatic rings. The van der Waals surface area contributed by atoms with Gasteiger partial charge >= 0.3 is 5.97 Å². The molecule has 1 heterocycles. The summed E-state index contributed by atoms with van der Waals surface area (Å²) in [6.45, 7) is 5.94. The minimum atomic E-state index is -1.01. The molecular weight excluding hydrogens is 222 g/mol. The summed E-state index contributed by atoms with van der Waals surface area (Å²) in [6, 6.07) is -0.437. The molecule has 1 rings (SSSR count). The lowest BCUT2D eigenvalue weighted by Gasteiger charge is -2.27. The van der Waals surface area contributed by atoms with E-state index in [2.05, 4.69) is 5.32 Å². The van der Waals surface area contributed by atoms with Gasteiger partial charge in [-0.2, -0.15) is 0 Å². The zero-order valence-electron chi connectivity index (χ0n) is 10.7. The molecule has 2 unspecified atom stereocenters. The summed E-state index contributed by atoms with van der Waals surface area (Å²) in [5.41, 5.74) is -1.01. The Kier molecular flexibility index (Phi) is 4.51. The van der Waals surface area contributed by atoms with Crippen molar-refractivity contribution in [3.8, 4) is 0 Å². The molecule has 0 radical (unpaired) electrons. The van der Waals surface area contributed by atoms with Crippen molar-refractivity contribution in [2.24, 2.45) is 11.3 Å². The van der Waals surface area contributed by atoms with Gasteiger partial charge in [0.05, 0.1) is 19.3 Å². The maximum atomic E-state index is 11.9. The first-order valence-electron chi connectivity index (χ1n) is 6.07. The van der Waals surface area contributed by atoms with Gasteiger partial charge in [-0.25, -0.2) is 0 Å². The van der Waals surface area contributed by atoms with Gasteiger partial charge in [-0.05, 0) is 19.8 Å². The van der Waals surface area contributed by atoms with Crippen LogP contribution in [0.5, 0.6) is 0 Å². The average molecular weight is 243 g/mol. The Morgan fingerprint density at radius 1 is 1.47 bits per heavy atom. The maximum Gasteiger partial charge on any atom is 0.313 e. The van der Waals surface area contributed by atoms with Gasteiger partial charge in [0.25, 0.3) is 0 Å². The third-order valence-electron chi connectivity index (χ3n) is 3.62. The van der Waals surface area contributed by atoms with Gasteiger partial charge < -0.3 is 15.2 Å². The molecule has 1 aliphatic rings. The van der Waals surface area contributed by atoms with Gasteiger partial charge in [-0.3, -0.25) is 9.59 Å². The number of carbonyl (C=O) groups is 2. The van der Waals surface area contributed by atoms with Gasteiger partial charge in [0.15, 0.2) is 0 Å². The second-order valence-electron chi connectivity index (χ2n) is 4.81. The second-order valence-corrected chi connectivity index (χ2v) is 4.81. The normalized spacial score (nSPS) is 28.4. The van der Waals surface area contributed by atoms with E-state index in [4.69, 9.17) is 4.74 Å². The molecule has 1 amide bonds. The number of carboxylic acids is 1. The van der Waals surface area contributed by atoms with E-state index in [-0.39, 0.29) is 25.0 Å². The lowest BCUT2D eigenvalue weighted by atomic mass is 9.85. The van der Waals surface area contributed by atoms with Gasteiger partial charge in [0.1, 0.15) is 5.41 Å². The second kappa shape index (κ2) is 5.49. The standard InChI is InChI=1S/C12H21NO4/c1-4-8(5-2)10(14)13-9-6-17-7-12(9,3)11(15)16/h8-9H,4-7H2,1-3H3,(H,13,14)(H,15,16). The van der Waals surface area contributed by atoms with E-state index in [9.17, 15) is 14.7 Å². The van der Waals surface area contributed by atoms with E-state index in [1.54, 1.807) is 6.92 Å². The Labute approximate surface area is 102 Å². The largest absolute Gasteiger partial charge is 0.481 e. The Hall–Kier alpha value is -1.10. The molecule has 0 spiro atoms. The topological polar surface area (TPSA) is 75.6 Å². The van der Waals surface area contributed by atoms with Gasteiger partial charge in [-0.15, -0.1) is 0 Å². The minimum Gasteiger partial charge on any atom is -0.481 e. The molecule has 17 heavy (non-hydrogen) atoms. The number of carboxylic acid groups (broad SMARTS) is 1. The molecule has 1 fully saturated rings. The summed E-state index contributed by atoms with van der Waals surface area (Å²) in [4.78, 5) is 23.1. The fourth-order valence-electron chi connectivity index (χ4n) is 2.03. The third kappa shape index (κ3) is 2.77. The van der Waals surface area contributed by atoms with E-state index < -0.39 is 17.4 Å². The molecule has 0 bridgehead atoms. The highest BCUT2D eigenvalue weighted by atomic mass is 16.5. The monoisotopic (exact) mass is 243 g/mol. The number of ether oxygens (including phenoxy) is 1. The number of amides is 1. The van der Waals surface area contributed by atoms with Crippen LogP contribution >= 0.6 is 0 Å². The smallest absolute Gasteiger partial charge is 0.313 e. The van der Waals surface area contributed by atoms with E-state index in [0.717, 1.165) is 12.8 Å². The number of hydrogen-bond acceptors (Lipinski definition) is 3. The molecular formula is C12H21NO4. The third-order valence-corrected chi connectivity index (χ3v) is 3.62. The molecule has 0 aromatic carbocycles. The molecule has 2 atom stereocenters. The van der Waals surface area contributed by atoms with Crippen molar-refractivity contribution in [1.29, 1.82) is 0 Å². The maximum absolute atomic E-state index is 11.9. The van der Waals surface area contributed by atoms with Gasteiger partial charge in [-0.1, -0.05) is 13.8 Å². The highest BCUT2D eigenvalue weighted by molar-refractivity contribution is 5.81. The van der Waals surface area contributed by atoms with E-state index in [1.807, 2.05) is 13.8 Å².